The molecule has 0 saturated carbocycles. The second-order valence-corrected chi connectivity index (χ2v) is 3.01. The first-order valence-electron chi connectivity index (χ1n) is 4.41. The van der Waals surface area contributed by atoms with E-state index in [2.05, 4.69) is 4.98 Å². The van der Waals surface area contributed by atoms with Crippen LogP contribution in [0, 0.1) is 0 Å². The summed E-state index contributed by atoms with van der Waals surface area (Å²) in [7, 11) is 0. The molecule has 0 aliphatic heterocycles. The highest BCUT2D eigenvalue weighted by Crippen LogP contribution is 2.01. The topological polar surface area (TPSA) is 56.0 Å². The van der Waals surface area contributed by atoms with Gasteiger partial charge in [-0.05, 0) is 24.1 Å². The first-order chi connectivity index (χ1) is 6.24. The molecular weight excluding hydrogens is 164 g/mol. The van der Waals surface area contributed by atoms with Crippen LogP contribution in [-0.2, 0) is 11.2 Å². The van der Waals surface area contributed by atoms with Gasteiger partial charge in [-0.3, -0.25) is 9.78 Å². The molecule has 0 aliphatic rings. The van der Waals surface area contributed by atoms with Crippen LogP contribution >= 0.6 is 0 Å². The first kappa shape index (κ1) is 9.86. The second kappa shape index (κ2) is 4.72. The Morgan fingerprint density at radius 1 is 1.54 bits per heavy atom. The minimum Gasteiger partial charge on any atom is -0.322 e. The van der Waals surface area contributed by atoms with Crippen molar-refractivity contribution in [2.45, 2.75) is 25.8 Å². The lowest BCUT2D eigenvalue weighted by molar-refractivity contribution is -0.119. The average molecular weight is 178 g/mol. The molecule has 1 heterocycles. The Kier molecular flexibility index (Phi) is 3.58. The van der Waals surface area contributed by atoms with Crippen molar-refractivity contribution < 1.29 is 4.79 Å². The molecule has 1 aromatic rings. The van der Waals surface area contributed by atoms with Crippen molar-refractivity contribution in [3.8, 4) is 0 Å². The fourth-order valence-electron chi connectivity index (χ4n) is 1.06. The molecule has 0 saturated heterocycles. The number of ketones is 1. The fraction of sp³-hybridized carbons (Fsp3) is 0.400. The third-order valence-corrected chi connectivity index (χ3v) is 1.98. The number of nitrogens with two attached hydrogens (primary N) is 1. The van der Waals surface area contributed by atoms with Crippen molar-refractivity contribution in [1.82, 2.24) is 4.98 Å². The zero-order valence-corrected chi connectivity index (χ0v) is 7.73. The molecule has 13 heavy (non-hydrogen) atoms. The van der Waals surface area contributed by atoms with Crippen LogP contribution in [0.4, 0.5) is 0 Å². The molecule has 1 rings (SSSR count). The number of Topliss-reactive ketones (excluding diaryl/α,β-unsaturated/α-hetero) is 1. The maximum atomic E-state index is 11.4. The highest BCUT2D eigenvalue weighted by Gasteiger charge is 2.10. The van der Waals surface area contributed by atoms with E-state index in [1.165, 1.54) is 0 Å². The normalized spacial score (nSPS) is 12.5. The van der Waals surface area contributed by atoms with Gasteiger partial charge in [-0.1, -0.05) is 6.92 Å². The summed E-state index contributed by atoms with van der Waals surface area (Å²) in [5, 5.41) is 0. The van der Waals surface area contributed by atoms with E-state index in [0.29, 0.717) is 12.8 Å². The zero-order valence-electron chi connectivity index (χ0n) is 7.73. The van der Waals surface area contributed by atoms with E-state index in [0.717, 1.165) is 5.56 Å². The van der Waals surface area contributed by atoms with Crippen molar-refractivity contribution in [3.05, 3.63) is 30.1 Å². The molecule has 0 amide bonds. The Labute approximate surface area is 78.0 Å². The number of pyridine rings is 1. The molecule has 0 spiro atoms. The van der Waals surface area contributed by atoms with Gasteiger partial charge in [-0.2, -0.15) is 0 Å². The van der Waals surface area contributed by atoms with Crippen molar-refractivity contribution in [2.75, 3.05) is 0 Å². The molecule has 0 aromatic carbocycles. The molecule has 0 radical (unpaired) electrons. The van der Waals surface area contributed by atoms with Crippen LogP contribution < -0.4 is 5.73 Å². The van der Waals surface area contributed by atoms with Crippen LogP contribution in [-0.4, -0.2) is 16.8 Å². The fourth-order valence-corrected chi connectivity index (χ4v) is 1.06. The van der Waals surface area contributed by atoms with E-state index < -0.39 is 0 Å². The predicted molar refractivity (Wildman–Crippen MR) is 51.2 cm³/mol. The number of carbonyl (C=O) groups excluding carboxylic acids is 1. The maximum absolute atomic E-state index is 11.4. The van der Waals surface area contributed by atoms with E-state index in [9.17, 15) is 4.79 Å². The van der Waals surface area contributed by atoms with Crippen molar-refractivity contribution in [2.24, 2.45) is 5.73 Å². The van der Waals surface area contributed by atoms with Gasteiger partial charge in [0.15, 0.2) is 5.78 Å². The van der Waals surface area contributed by atoms with Gasteiger partial charge in [0.1, 0.15) is 0 Å². The number of hydrogen-bond acceptors (Lipinski definition) is 3. The van der Waals surface area contributed by atoms with Gasteiger partial charge in [-0.15, -0.1) is 0 Å². The summed E-state index contributed by atoms with van der Waals surface area (Å²) in [6, 6.07) is 3.34. The van der Waals surface area contributed by atoms with Crippen LogP contribution in [0.25, 0.3) is 0 Å². The molecule has 1 unspecified atom stereocenters. The SMILES string of the molecule is CCC(N)C(=O)Cc1ccncc1. The average Bonchev–Trinajstić information content (AvgIpc) is 2.18. The lowest BCUT2D eigenvalue weighted by atomic mass is 10.0. The van der Waals surface area contributed by atoms with Gasteiger partial charge < -0.3 is 5.73 Å². The minimum absolute atomic E-state index is 0.0914. The van der Waals surface area contributed by atoms with E-state index in [4.69, 9.17) is 5.73 Å². The van der Waals surface area contributed by atoms with E-state index >= 15 is 0 Å². The lowest BCUT2D eigenvalue weighted by Gasteiger charge is -2.06. The minimum atomic E-state index is -0.326. The Hall–Kier alpha value is -1.22. The van der Waals surface area contributed by atoms with Crippen molar-refractivity contribution >= 4 is 5.78 Å². The molecule has 0 aliphatic carbocycles. The summed E-state index contributed by atoms with van der Waals surface area (Å²) in [6.45, 7) is 1.91. The quantitative estimate of drug-likeness (QED) is 0.746. The molecule has 3 nitrogen and oxygen atoms in total. The van der Waals surface area contributed by atoms with Gasteiger partial charge in [0.25, 0.3) is 0 Å². The number of nitrogens with zero attached hydrogens (tertiary/aromatic N) is 1. The molecular formula is C10H14N2O. The predicted octanol–water partition coefficient (Wildman–Crippen LogP) is 0.930. The Bertz CT molecular complexity index is 272. The summed E-state index contributed by atoms with van der Waals surface area (Å²) >= 11 is 0. The molecule has 2 N–H and O–H groups in total. The summed E-state index contributed by atoms with van der Waals surface area (Å²) < 4.78 is 0. The highest BCUT2D eigenvalue weighted by atomic mass is 16.1. The van der Waals surface area contributed by atoms with E-state index in [-0.39, 0.29) is 11.8 Å². The molecule has 70 valence electrons. The summed E-state index contributed by atoms with van der Waals surface area (Å²) in [5.74, 6) is 0.0914. The molecule has 0 bridgehead atoms. The van der Waals surface area contributed by atoms with Crippen LogP contribution in [0.15, 0.2) is 24.5 Å². The third kappa shape index (κ3) is 2.95. The Morgan fingerprint density at radius 2 is 2.15 bits per heavy atom. The van der Waals surface area contributed by atoms with Gasteiger partial charge in [0.05, 0.1) is 6.04 Å². The molecule has 1 aromatic heterocycles. The summed E-state index contributed by atoms with van der Waals surface area (Å²) in [4.78, 5) is 15.3. The largest absolute Gasteiger partial charge is 0.322 e. The number of rotatable bonds is 4. The zero-order chi connectivity index (χ0) is 9.68. The monoisotopic (exact) mass is 178 g/mol. The third-order valence-electron chi connectivity index (χ3n) is 1.98. The van der Waals surface area contributed by atoms with Gasteiger partial charge >= 0.3 is 0 Å². The highest BCUT2D eigenvalue weighted by molar-refractivity contribution is 5.85. The Balaban J connectivity index is 2.55. The number of aromatic nitrogens is 1. The molecule has 0 fully saturated rings. The van der Waals surface area contributed by atoms with Crippen LogP contribution in [0.2, 0.25) is 0 Å². The summed E-state index contributed by atoms with van der Waals surface area (Å²) in [6.07, 6.45) is 4.47. The van der Waals surface area contributed by atoms with Crippen LogP contribution in [0.3, 0.4) is 0 Å². The second-order valence-electron chi connectivity index (χ2n) is 3.01. The van der Waals surface area contributed by atoms with Gasteiger partial charge in [-0.25, -0.2) is 0 Å². The first-order valence-corrected chi connectivity index (χ1v) is 4.41. The number of hydrogen-bond donors (Lipinski definition) is 1. The van der Waals surface area contributed by atoms with E-state index in [1.54, 1.807) is 12.4 Å². The summed E-state index contributed by atoms with van der Waals surface area (Å²) in [5.41, 5.74) is 6.57. The van der Waals surface area contributed by atoms with Crippen molar-refractivity contribution in [1.29, 1.82) is 0 Å². The van der Waals surface area contributed by atoms with Gasteiger partial charge in [0, 0.05) is 18.8 Å². The Morgan fingerprint density at radius 3 is 2.69 bits per heavy atom. The van der Waals surface area contributed by atoms with Crippen LogP contribution in [0.1, 0.15) is 18.9 Å². The van der Waals surface area contributed by atoms with Crippen LogP contribution in [0.5, 0.6) is 0 Å². The lowest BCUT2D eigenvalue weighted by Crippen LogP contribution is -2.30. The van der Waals surface area contributed by atoms with Gasteiger partial charge in [0.2, 0.25) is 0 Å². The smallest absolute Gasteiger partial charge is 0.153 e. The molecule has 1 atom stereocenters. The standard InChI is InChI=1S/C10H14N2O/c1-2-9(11)10(13)7-8-3-5-12-6-4-8/h3-6,9H,2,7,11H2,1H3. The number of carbonyl (C=O) groups is 1. The molecule has 3 heteroatoms. The van der Waals surface area contributed by atoms with E-state index in [1.807, 2.05) is 19.1 Å². The van der Waals surface area contributed by atoms with Crippen molar-refractivity contribution in [3.63, 3.8) is 0 Å². The maximum Gasteiger partial charge on any atom is 0.153 e.